The van der Waals surface area contributed by atoms with Crippen LogP contribution in [0.3, 0.4) is 0 Å². The van der Waals surface area contributed by atoms with E-state index in [1.54, 1.807) is 30.3 Å². The smallest absolute Gasteiger partial charge is 0.241 e. The van der Waals surface area contributed by atoms with Gasteiger partial charge in [-0.3, -0.25) is 14.5 Å². The first-order valence-corrected chi connectivity index (χ1v) is 6.05. The topological polar surface area (TPSA) is 71.8 Å². The van der Waals surface area contributed by atoms with E-state index in [-0.39, 0.29) is 12.5 Å². The third-order valence-electron chi connectivity index (χ3n) is 2.85. The molecule has 0 aliphatic rings. The zero-order valence-corrected chi connectivity index (χ0v) is 11.1. The van der Waals surface area contributed by atoms with Crippen molar-refractivity contribution in [2.45, 2.75) is 20.0 Å². The molecule has 0 radical (unpaired) electrons. The van der Waals surface area contributed by atoms with E-state index < -0.39 is 0 Å². The number of aryl methyl sites for hydroxylation is 1. The normalized spacial score (nSPS) is 10.2. The summed E-state index contributed by atoms with van der Waals surface area (Å²) in [6.45, 7) is 2.96. The van der Waals surface area contributed by atoms with Gasteiger partial charge in [0.15, 0.2) is 0 Å². The van der Waals surface area contributed by atoms with Gasteiger partial charge < -0.3 is 10.6 Å². The number of hydrogen-bond donors (Lipinski definition) is 2. The summed E-state index contributed by atoms with van der Waals surface area (Å²) in [7, 11) is 1.61. The van der Waals surface area contributed by atoms with Crippen molar-refractivity contribution in [1.82, 2.24) is 20.1 Å². The fourth-order valence-corrected chi connectivity index (χ4v) is 1.65. The van der Waals surface area contributed by atoms with Gasteiger partial charge in [-0.1, -0.05) is 0 Å². The van der Waals surface area contributed by atoms with E-state index in [0.29, 0.717) is 6.54 Å². The molecule has 0 unspecified atom stereocenters. The molecule has 0 saturated heterocycles. The molecule has 2 aromatic heterocycles. The third kappa shape index (κ3) is 3.54. The van der Waals surface area contributed by atoms with Crippen LogP contribution in [0.5, 0.6) is 0 Å². The minimum atomic E-state index is -0.0715. The Bertz CT molecular complexity index is 564. The molecule has 6 nitrogen and oxygen atoms in total. The fraction of sp³-hybridized carbons (Fsp3) is 0.308. The number of aromatic nitrogens is 3. The maximum atomic E-state index is 11.2. The minimum Gasteiger partial charge on any atom is -0.378 e. The van der Waals surface area contributed by atoms with E-state index >= 15 is 0 Å². The number of carbonyl (C=O) groups excluding carboxylic acids is 1. The molecule has 100 valence electrons. The second-order valence-electron chi connectivity index (χ2n) is 4.26. The number of carbonyl (C=O) groups is 1. The summed E-state index contributed by atoms with van der Waals surface area (Å²) in [4.78, 5) is 15.3. The number of amides is 1. The molecule has 19 heavy (non-hydrogen) atoms. The van der Waals surface area contributed by atoms with Crippen LogP contribution in [0.4, 0.5) is 5.69 Å². The Hall–Kier alpha value is -2.37. The first-order valence-electron chi connectivity index (χ1n) is 6.05. The van der Waals surface area contributed by atoms with Crippen LogP contribution in [0.25, 0.3) is 0 Å². The Morgan fingerprint density at radius 2 is 2.26 bits per heavy atom. The molecule has 2 N–H and O–H groups in total. The van der Waals surface area contributed by atoms with Gasteiger partial charge in [0, 0.05) is 32.2 Å². The highest BCUT2D eigenvalue weighted by atomic mass is 16.1. The molecule has 0 bridgehead atoms. The van der Waals surface area contributed by atoms with E-state index in [1.807, 2.05) is 19.2 Å². The molecule has 2 rings (SSSR count). The van der Waals surface area contributed by atoms with Crippen molar-refractivity contribution >= 4 is 11.6 Å². The monoisotopic (exact) mass is 259 g/mol. The molecule has 0 atom stereocenters. The molecular weight excluding hydrogens is 242 g/mol. The van der Waals surface area contributed by atoms with E-state index in [2.05, 4.69) is 20.7 Å². The molecule has 0 aliphatic heterocycles. The standard InChI is InChI=1S/C13H17N5O/c1-10-3-4-15-5-11(10)6-16-12-7-17-18(8-12)9-13(19)14-2/h3-5,7-8,16H,6,9H2,1-2H3,(H,14,19). The van der Waals surface area contributed by atoms with Crippen LogP contribution < -0.4 is 10.6 Å². The lowest BCUT2D eigenvalue weighted by molar-refractivity contribution is -0.121. The second-order valence-corrected chi connectivity index (χ2v) is 4.26. The summed E-state index contributed by atoms with van der Waals surface area (Å²) < 4.78 is 1.59. The SMILES string of the molecule is CNC(=O)Cn1cc(NCc2cnccc2C)cn1. The lowest BCUT2D eigenvalue weighted by atomic mass is 10.1. The number of nitrogens with one attached hydrogen (secondary N) is 2. The van der Waals surface area contributed by atoms with Gasteiger partial charge in [0.1, 0.15) is 6.54 Å². The molecule has 0 saturated carbocycles. The Morgan fingerprint density at radius 1 is 1.42 bits per heavy atom. The number of likely N-dealkylation sites (N-methyl/N-ethyl adjacent to an activating group) is 1. The minimum absolute atomic E-state index is 0.0715. The number of nitrogens with zero attached hydrogens (tertiary/aromatic N) is 3. The summed E-state index contributed by atoms with van der Waals surface area (Å²) in [5, 5.41) is 9.93. The Balaban J connectivity index is 1.94. The molecule has 2 aromatic rings. The molecular formula is C13H17N5O. The Morgan fingerprint density at radius 3 is 3.00 bits per heavy atom. The lowest BCUT2D eigenvalue weighted by Crippen LogP contribution is -2.23. The zero-order valence-electron chi connectivity index (χ0n) is 11.1. The highest BCUT2D eigenvalue weighted by molar-refractivity contribution is 5.75. The van der Waals surface area contributed by atoms with Crippen LogP contribution in [0.2, 0.25) is 0 Å². The van der Waals surface area contributed by atoms with Crippen molar-refractivity contribution in [2.75, 3.05) is 12.4 Å². The third-order valence-corrected chi connectivity index (χ3v) is 2.85. The molecule has 0 aliphatic carbocycles. The van der Waals surface area contributed by atoms with Crippen molar-refractivity contribution in [2.24, 2.45) is 0 Å². The van der Waals surface area contributed by atoms with Crippen LogP contribution >= 0.6 is 0 Å². The van der Waals surface area contributed by atoms with Crippen molar-refractivity contribution < 1.29 is 4.79 Å². The van der Waals surface area contributed by atoms with Crippen LogP contribution in [0.15, 0.2) is 30.9 Å². The predicted octanol–water partition coefficient (Wildman–Crippen LogP) is 0.945. The zero-order chi connectivity index (χ0) is 13.7. The number of hydrogen-bond acceptors (Lipinski definition) is 4. The molecule has 0 aromatic carbocycles. The first kappa shape index (κ1) is 13.1. The summed E-state index contributed by atoms with van der Waals surface area (Å²) in [5.74, 6) is -0.0715. The maximum Gasteiger partial charge on any atom is 0.241 e. The largest absolute Gasteiger partial charge is 0.378 e. The van der Waals surface area contributed by atoms with Crippen LogP contribution in [0, 0.1) is 6.92 Å². The molecule has 6 heteroatoms. The lowest BCUT2D eigenvalue weighted by Gasteiger charge is -2.06. The second kappa shape index (κ2) is 5.99. The predicted molar refractivity (Wildman–Crippen MR) is 72.6 cm³/mol. The highest BCUT2D eigenvalue weighted by Crippen LogP contribution is 2.10. The van der Waals surface area contributed by atoms with Gasteiger partial charge >= 0.3 is 0 Å². The van der Waals surface area contributed by atoms with Crippen molar-refractivity contribution in [3.05, 3.63) is 42.0 Å². The average Bonchev–Trinajstić information content (AvgIpc) is 2.85. The van der Waals surface area contributed by atoms with Gasteiger partial charge in [0.05, 0.1) is 11.9 Å². The van der Waals surface area contributed by atoms with Crippen LogP contribution in [-0.4, -0.2) is 27.7 Å². The first-order chi connectivity index (χ1) is 9.19. The summed E-state index contributed by atoms with van der Waals surface area (Å²) in [5.41, 5.74) is 3.22. The molecule has 0 fully saturated rings. The van der Waals surface area contributed by atoms with Crippen molar-refractivity contribution in [1.29, 1.82) is 0 Å². The number of pyridine rings is 1. The van der Waals surface area contributed by atoms with Crippen LogP contribution in [-0.2, 0) is 17.9 Å². The Kier molecular flexibility index (Phi) is 4.12. The van der Waals surface area contributed by atoms with Gasteiger partial charge in [-0.2, -0.15) is 5.10 Å². The molecule has 2 heterocycles. The summed E-state index contributed by atoms with van der Waals surface area (Å²) in [6.07, 6.45) is 7.13. The van der Waals surface area contributed by atoms with E-state index in [9.17, 15) is 4.79 Å². The van der Waals surface area contributed by atoms with E-state index in [1.165, 1.54) is 5.56 Å². The van der Waals surface area contributed by atoms with Gasteiger partial charge in [-0.25, -0.2) is 0 Å². The van der Waals surface area contributed by atoms with Gasteiger partial charge in [-0.05, 0) is 24.1 Å². The average molecular weight is 259 g/mol. The number of anilines is 1. The van der Waals surface area contributed by atoms with Crippen molar-refractivity contribution in [3.8, 4) is 0 Å². The van der Waals surface area contributed by atoms with Crippen LogP contribution in [0.1, 0.15) is 11.1 Å². The molecule has 0 spiro atoms. The van der Waals surface area contributed by atoms with Crippen molar-refractivity contribution in [3.63, 3.8) is 0 Å². The molecule has 1 amide bonds. The summed E-state index contributed by atoms with van der Waals surface area (Å²) in [6, 6.07) is 1.98. The summed E-state index contributed by atoms with van der Waals surface area (Å²) >= 11 is 0. The van der Waals surface area contributed by atoms with E-state index in [4.69, 9.17) is 0 Å². The Labute approximate surface area is 111 Å². The number of rotatable bonds is 5. The highest BCUT2D eigenvalue weighted by Gasteiger charge is 2.03. The maximum absolute atomic E-state index is 11.2. The van der Waals surface area contributed by atoms with E-state index in [0.717, 1.165) is 11.3 Å². The quantitative estimate of drug-likeness (QED) is 0.838. The van der Waals surface area contributed by atoms with Gasteiger partial charge in [0.25, 0.3) is 0 Å². The van der Waals surface area contributed by atoms with Gasteiger partial charge in [-0.15, -0.1) is 0 Å². The van der Waals surface area contributed by atoms with Gasteiger partial charge in [0.2, 0.25) is 5.91 Å². The fourth-order valence-electron chi connectivity index (χ4n) is 1.65.